The van der Waals surface area contributed by atoms with Gasteiger partial charge in [0.15, 0.2) is 11.6 Å². The van der Waals surface area contributed by atoms with Crippen LogP contribution in [0.25, 0.3) is 0 Å². The molecule has 0 saturated heterocycles. The maximum absolute atomic E-state index is 13.9. The molecule has 2 aromatic rings. The third-order valence-corrected chi connectivity index (χ3v) is 7.11. The Morgan fingerprint density at radius 3 is 2.05 bits per heavy atom. The molecule has 2 N–H and O–H groups in total. The number of halogens is 4. The van der Waals surface area contributed by atoms with Crippen LogP contribution in [0.1, 0.15) is 76.8 Å². The number of hydrogen-bond acceptors (Lipinski definition) is 5. The molecule has 1 aliphatic rings. The molecule has 1 aliphatic carbocycles. The van der Waals surface area contributed by atoms with Crippen molar-refractivity contribution in [2.24, 2.45) is 5.41 Å². The van der Waals surface area contributed by atoms with E-state index in [2.05, 4.69) is 0 Å². The monoisotopic (exact) mass is 562 g/mol. The topological polar surface area (TPSA) is 83.8 Å². The summed E-state index contributed by atoms with van der Waals surface area (Å²) < 4.78 is 60.4. The summed E-state index contributed by atoms with van der Waals surface area (Å²) in [7, 11) is 0. The molecule has 0 amide bonds. The molecule has 5 nitrogen and oxygen atoms in total. The lowest BCUT2D eigenvalue weighted by Crippen LogP contribution is -2.41. The van der Waals surface area contributed by atoms with Crippen LogP contribution < -0.4 is 4.74 Å². The van der Waals surface area contributed by atoms with E-state index in [4.69, 9.17) is 4.74 Å². The van der Waals surface area contributed by atoms with E-state index in [0.717, 1.165) is 18.2 Å². The molecule has 40 heavy (non-hydrogen) atoms. The first-order valence-electron chi connectivity index (χ1n) is 13.5. The minimum Gasteiger partial charge on any atom is -0.511 e. The molecule has 0 spiro atoms. The second-order valence-electron chi connectivity index (χ2n) is 10.0. The van der Waals surface area contributed by atoms with Crippen LogP contribution in [0, 0.1) is 11.2 Å². The third-order valence-electron chi connectivity index (χ3n) is 7.11. The smallest absolute Gasteiger partial charge is 0.416 e. The van der Waals surface area contributed by atoms with Crippen LogP contribution in [0.15, 0.2) is 65.1 Å². The van der Waals surface area contributed by atoms with Crippen LogP contribution in [0.5, 0.6) is 11.5 Å². The minimum absolute atomic E-state index is 0.120. The Morgan fingerprint density at radius 1 is 0.900 bits per heavy atom. The van der Waals surface area contributed by atoms with Crippen molar-refractivity contribution < 1.29 is 42.1 Å². The molecule has 3 rings (SSSR count). The lowest BCUT2D eigenvalue weighted by molar-refractivity contribution is -0.138. The highest BCUT2D eigenvalue weighted by molar-refractivity contribution is 6.24. The number of aryl methyl sites for hydroxylation is 1. The Kier molecular flexibility index (Phi) is 9.82. The first-order chi connectivity index (χ1) is 18.9. The number of ketones is 2. The highest BCUT2D eigenvalue weighted by atomic mass is 19.4. The number of aliphatic hydroxyl groups is 2. The Morgan fingerprint density at radius 2 is 1.50 bits per heavy atom. The lowest BCUT2D eigenvalue weighted by Gasteiger charge is -2.37. The third kappa shape index (κ3) is 6.40. The van der Waals surface area contributed by atoms with Gasteiger partial charge in [0, 0.05) is 12.0 Å². The number of carbonyl (C=O) groups is 2. The van der Waals surface area contributed by atoms with E-state index < -0.39 is 52.3 Å². The van der Waals surface area contributed by atoms with Crippen LogP contribution >= 0.6 is 0 Å². The highest BCUT2D eigenvalue weighted by Gasteiger charge is 2.49. The number of benzene rings is 2. The predicted octanol–water partition coefficient (Wildman–Crippen LogP) is 8.73. The summed E-state index contributed by atoms with van der Waals surface area (Å²) in [6, 6.07) is 8.12. The van der Waals surface area contributed by atoms with Crippen LogP contribution in [0.2, 0.25) is 0 Å². The summed E-state index contributed by atoms with van der Waals surface area (Å²) in [4.78, 5) is 27.0. The molecule has 0 saturated carbocycles. The molecule has 216 valence electrons. The SMILES string of the molecule is CCCC1=C(O)C(CCC)(CCC)C(=O)C(C(=O)CCc2ccc(Oc3ccc(F)cc3)cc2C(F)(F)F)=C1O. The van der Waals surface area contributed by atoms with Crippen molar-refractivity contribution in [2.75, 3.05) is 0 Å². The van der Waals surface area contributed by atoms with Gasteiger partial charge < -0.3 is 14.9 Å². The summed E-state index contributed by atoms with van der Waals surface area (Å²) in [5.41, 5.74) is -2.85. The van der Waals surface area contributed by atoms with Gasteiger partial charge in [0.25, 0.3) is 0 Å². The molecule has 0 radical (unpaired) electrons. The Labute approximate surface area is 231 Å². The largest absolute Gasteiger partial charge is 0.511 e. The Bertz CT molecular complexity index is 1300. The fraction of sp³-hybridized carbons (Fsp3) is 0.419. The van der Waals surface area contributed by atoms with Crippen molar-refractivity contribution in [1.82, 2.24) is 0 Å². The first-order valence-corrected chi connectivity index (χ1v) is 13.5. The quantitative estimate of drug-likeness (QED) is 0.200. The van der Waals surface area contributed by atoms with Gasteiger partial charge in [-0.1, -0.05) is 46.1 Å². The second-order valence-corrected chi connectivity index (χ2v) is 10.0. The fourth-order valence-corrected chi connectivity index (χ4v) is 5.31. The molecule has 0 bridgehead atoms. The van der Waals surface area contributed by atoms with Crippen LogP contribution in [-0.2, 0) is 22.2 Å². The number of alkyl halides is 3. The molecule has 0 unspecified atom stereocenters. The summed E-state index contributed by atoms with van der Waals surface area (Å²) in [6.07, 6.45) is -3.16. The van der Waals surface area contributed by atoms with Crippen molar-refractivity contribution in [1.29, 1.82) is 0 Å². The molecule has 0 atom stereocenters. The lowest BCUT2D eigenvalue weighted by atomic mass is 9.66. The molecular weight excluding hydrogens is 528 g/mol. The van der Waals surface area contributed by atoms with Gasteiger partial charge in [0.05, 0.1) is 11.0 Å². The van der Waals surface area contributed by atoms with Gasteiger partial charge in [-0.2, -0.15) is 13.2 Å². The first kappa shape index (κ1) is 30.9. The van der Waals surface area contributed by atoms with Gasteiger partial charge in [0.1, 0.15) is 34.4 Å². The number of ether oxygens (including phenoxy) is 1. The van der Waals surface area contributed by atoms with E-state index in [9.17, 15) is 37.4 Å². The summed E-state index contributed by atoms with van der Waals surface area (Å²) in [5, 5.41) is 22.0. The molecule has 0 aromatic heterocycles. The van der Waals surface area contributed by atoms with Crippen LogP contribution in [-0.4, -0.2) is 21.8 Å². The summed E-state index contributed by atoms with van der Waals surface area (Å²) in [6.45, 7) is 5.52. The molecule has 0 aliphatic heterocycles. The van der Waals surface area contributed by atoms with Crippen molar-refractivity contribution in [3.8, 4) is 11.5 Å². The number of allylic oxidation sites excluding steroid dienone is 3. The average Bonchev–Trinajstić information content (AvgIpc) is 2.90. The highest BCUT2D eigenvalue weighted by Crippen LogP contribution is 2.47. The van der Waals surface area contributed by atoms with Gasteiger partial charge in [0.2, 0.25) is 0 Å². The number of rotatable bonds is 12. The van der Waals surface area contributed by atoms with Crippen molar-refractivity contribution in [3.05, 3.63) is 82.1 Å². The average molecular weight is 563 g/mol. The van der Waals surface area contributed by atoms with Gasteiger partial charge in [-0.15, -0.1) is 0 Å². The van der Waals surface area contributed by atoms with Crippen LogP contribution in [0.3, 0.4) is 0 Å². The number of aliphatic hydroxyl groups excluding tert-OH is 2. The van der Waals surface area contributed by atoms with Crippen molar-refractivity contribution in [3.63, 3.8) is 0 Å². The fourth-order valence-electron chi connectivity index (χ4n) is 5.31. The van der Waals surface area contributed by atoms with Crippen molar-refractivity contribution >= 4 is 11.6 Å². The van der Waals surface area contributed by atoms with Crippen molar-refractivity contribution in [2.45, 2.75) is 78.3 Å². The second kappa shape index (κ2) is 12.7. The van der Waals surface area contributed by atoms with Crippen LogP contribution in [0.4, 0.5) is 17.6 Å². The molecule has 0 fully saturated rings. The summed E-state index contributed by atoms with van der Waals surface area (Å²) >= 11 is 0. The Hall–Kier alpha value is -3.62. The standard InChI is InChI=1S/C31H34F4O5/c1-4-7-23-27(37)26(29(39)30(16-5-2,17-6-3)28(23)38)25(36)15-9-19-8-12-22(18-24(19)31(33,34)35)40-21-13-10-20(32)11-14-21/h8,10-14,18,37-38H,4-7,9,15-17H2,1-3H3. The van der Waals surface area contributed by atoms with Gasteiger partial charge in [-0.05, 0) is 67.6 Å². The van der Waals surface area contributed by atoms with E-state index in [1.54, 1.807) is 0 Å². The maximum atomic E-state index is 13.9. The number of carbonyl (C=O) groups excluding carboxylic acids is 2. The van der Waals surface area contributed by atoms with E-state index >= 15 is 0 Å². The maximum Gasteiger partial charge on any atom is 0.416 e. The zero-order chi connectivity index (χ0) is 29.7. The van der Waals surface area contributed by atoms with E-state index in [1.165, 1.54) is 24.3 Å². The summed E-state index contributed by atoms with van der Waals surface area (Å²) in [5.74, 6) is -2.75. The van der Waals surface area contributed by atoms with E-state index in [1.807, 2.05) is 20.8 Å². The van der Waals surface area contributed by atoms with Gasteiger partial charge in [-0.3, -0.25) is 9.59 Å². The zero-order valence-electron chi connectivity index (χ0n) is 22.8. The van der Waals surface area contributed by atoms with E-state index in [0.29, 0.717) is 19.3 Å². The van der Waals surface area contributed by atoms with Gasteiger partial charge in [-0.25, -0.2) is 4.39 Å². The molecule has 2 aromatic carbocycles. The molecule has 0 heterocycles. The predicted molar refractivity (Wildman–Crippen MR) is 143 cm³/mol. The van der Waals surface area contributed by atoms with E-state index in [-0.39, 0.29) is 54.1 Å². The van der Waals surface area contributed by atoms with Gasteiger partial charge >= 0.3 is 6.18 Å². The minimum atomic E-state index is -4.76. The normalized spacial score (nSPS) is 15.5. The Balaban J connectivity index is 1.93. The molecule has 9 heteroatoms. The number of Topliss-reactive ketones (excluding diaryl/α,β-unsaturated/α-hetero) is 2. The molecular formula is C31H34F4O5. The number of hydrogen-bond donors (Lipinski definition) is 2. The zero-order valence-corrected chi connectivity index (χ0v) is 22.8.